The number of fused-ring (bicyclic) bond motifs is 1. The zero-order valence-electron chi connectivity index (χ0n) is 57.3. The summed E-state index contributed by atoms with van der Waals surface area (Å²) in [6.45, 7) is 1.11. The highest BCUT2D eigenvalue weighted by Gasteiger charge is 2.36. The molecule has 8 amide bonds. The number of H-pyrrole nitrogens is 3. The number of hydrogen-bond donors (Lipinski definition) is 17. The number of carboxylic acid groups (broad SMARTS) is 6. The minimum atomic E-state index is -1.61. The Morgan fingerprint density at radius 1 is 0.442 bits per heavy atom. The molecule has 2 fully saturated rings. The molecular formula is C67H92N18O19. The number of amides is 8. The van der Waals surface area contributed by atoms with Gasteiger partial charge in [0.05, 0.1) is 45.2 Å². The van der Waals surface area contributed by atoms with Crippen molar-refractivity contribution < 1.29 is 93.0 Å². The lowest BCUT2D eigenvalue weighted by Gasteiger charge is -2.33. The third-order valence-electron chi connectivity index (χ3n) is 18.0. The van der Waals surface area contributed by atoms with E-state index >= 15 is 0 Å². The maximum absolute atomic E-state index is 15.0. The molecule has 4 heterocycles. The zero-order valence-corrected chi connectivity index (χ0v) is 57.3. The summed E-state index contributed by atoms with van der Waals surface area (Å²) < 4.78 is 0. The molecule has 0 spiro atoms. The van der Waals surface area contributed by atoms with Crippen LogP contribution in [0.25, 0.3) is 10.8 Å². The lowest BCUT2D eigenvalue weighted by molar-refractivity contribution is -0.141. The number of hydrogen-bond acceptors (Lipinski definition) is 20. The first kappa shape index (κ1) is 80.4. The van der Waals surface area contributed by atoms with Crippen molar-refractivity contribution in [3.05, 3.63) is 103 Å². The Balaban J connectivity index is 0.996. The SMILES string of the molecule is O=C(O)CCC(NC(=O)NC(CCCCNC(=O)C(Cc1cnc[nH]1)NC(=O)C(Cc1cnc[nH]1)NC(=O)C(Cc1cnc[nH]1)NC(=O)C(Cc1ccc2ccccc2c1)NC(=O)C1CCC(CNC(=O)CN2CCN(CC(=O)O)CCN(CC(=O)O)CCN(CC(=O)O)CC2)CC1)C(=O)O)C(=O)O. The van der Waals surface area contributed by atoms with Crippen LogP contribution in [-0.2, 0) is 83.2 Å². The molecule has 564 valence electrons. The van der Waals surface area contributed by atoms with Gasteiger partial charge in [-0.2, -0.15) is 0 Å². The number of imidazole rings is 3. The van der Waals surface area contributed by atoms with Crippen LogP contribution in [0.15, 0.2) is 80.0 Å². The van der Waals surface area contributed by atoms with Crippen molar-refractivity contribution in [3.8, 4) is 0 Å². The largest absolute Gasteiger partial charge is 0.481 e. The van der Waals surface area contributed by atoms with E-state index in [-0.39, 0.29) is 148 Å². The predicted octanol–water partition coefficient (Wildman–Crippen LogP) is -2.03. The molecule has 2 aromatic carbocycles. The molecule has 1 saturated carbocycles. The molecule has 1 aliphatic heterocycles. The molecule has 1 aliphatic carbocycles. The standard InChI is InChI=1S/C67H92N18O19/c86-55(34-82-17-19-83(35-57(89)90)21-23-85(37-59(93)94)24-22-84(20-18-82)36-58(91)92)72-30-41-8-12-44(13-9-41)60(95)76-51(26-42-10-11-43-5-1-2-6-45(43)25-42)62(97)78-54(29-48-33-70-40-75-48)64(99)79-53(28-47-32-69-39-74-47)63(98)77-52(27-46-31-68-38-73-46)61(96)71-16-4-3-7-49(65(100)101)80-67(104)81-50(66(102)103)14-15-56(87)88/h1-2,5-6,10-11,25,31-33,38-41,44,49-54H,3-4,7-9,12-24,26-30,34-37H2,(H,68,73)(H,69,74)(H,70,75)(H,71,96)(H,72,86)(H,76,95)(H,77,98)(H,78,97)(H,79,99)(H,87,88)(H,89,90)(H,91,92)(H,93,94)(H,100,101)(H,102,103)(H2,80,81,104). The quantitative estimate of drug-likeness (QED) is 0.0189. The topological polar surface area (TPSA) is 539 Å². The van der Waals surface area contributed by atoms with Gasteiger partial charge in [0, 0.05) is 139 Å². The van der Waals surface area contributed by atoms with Crippen molar-refractivity contribution in [2.45, 2.75) is 120 Å². The minimum Gasteiger partial charge on any atom is -0.481 e. The van der Waals surface area contributed by atoms with Gasteiger partial charge >= 0.3 is 41.8 Å². The minimum absolute atomic E-state index is 0.0153. The molecule has 6 atom stereocenters. The van der Waals surface area contributed by atoms with Gasteiger partial charge in [0.15, 0.2) is 0 Å². The molecule has 6 unspecified atom stereocenters. The Labute approximate surface area is 596 Å². The van der Waals surface area contributed by atoms with Crippen LogP contribution >= 0.6 is 0 Å². The molecule has 3 aromatic heterocycles. The Morgan fingerprint density at radius 2 is 0.875 bits per heavy atom. The van der Waals surface area contributed by atoms with E-state index in [4.69, 9.17) is 5.11 Å². The highest BCUT2D eigenvalue weighted by atomic mass is 16.4. The number of aromatic nitrogens is 6. The molecular weight excluding hydrogens is 1360 g/mol. The monoisotopic (exact) mass is 1450 g/mol. The van der Waals surface area contributed by atoms with E-state index in [0.29, 0.717) is 48.3 Å². The molecule has 17 N–H and O–H groups in total. The molecule has 7 rings (SSSR count). The van der Waals surface area contributed by atoms with Gasteiger partial charge in [-0.25, -0.2) is 29.3 Å². The van der Waals surface area contributed by atoms with Gasteiger partial charge in [-0.05, 0) is 73.6 Å². The van der Waals surface area contributed by atoms with Gasteiger partial charge < -0.3 is 88.1 Å². The Hall–Kier alpha value is -10.9. The van der Waals surface area contributed by atoms with Crippen molar-refractivity contribution in [2.75, 3.05) is 91.6 Å². The highest BCUT2D eigenvalue weighted by molar-refractivity contribution is 5.96. The van der Waals surface area contributed by atoms with Crippen molar-refractivity contribution >= 4 is 88.1 Å². The second-order valence-electron chi connectivity index (χ2n) is 25.9. The average Bonchev–Trinajstić information content (AvgIpc) is 1.39. The first-order valence-corrected chi connectivity index (χ1v) is 34.3. The molecule has 2 aliphatic rings. The van der Waals surface area contributed by atoms with E-state index in [1.165, 1.54) is 37.6 Å². The van der Waals surface area contributed by atoms with Gasteiger partial charge in [0.2, 0.25) is 35.4 Å². The van der Waals surface area contributed by atoms with Crippen LogP contribution < -0.4 is 42.5 Å². The normalized spacial score (nSPS) is 17.5. The third kappa shape index (κ3) is 28.1. The van der Waals surface area contributed by atoms with Crippen LogP contribution in [0.4, 0.5) is 4.79 Å². The van der Waals surface area contributed by atoms with Crippen LogP contribution in [0.1, 0.15) is 80.4 Å². The van der Waals surface area contributed by atoms with E-state index in [1.54, 1.807) is 14.7 Å². The average molecular weight is 1450 g/mol. The number of nitrogens with zero attached hydrogens (tertiary/aromatic N) is 7. The van der Waals surface area contributed by atoms with Crippen molar-refractivity contribution in [1.29, 1.82) is 0 Å². The number of carbonyl (C=O) groups excluding carboxylic acids is 7. The zero-order chi connectivity index (χ0) is 75.1. The molecule has 37 heteroatoms. The summed E-state index contributed by atoms with van der Waals surface area (Å²) in [5.41, 5.74) is 1.92. The van der Waals surface area contributed by atoms with Gasteiger partial charge in [-0.3, -0.25) is 67.5 Å². The molecule has 104 heavy (non-hydrogen) atoms. The fourth-order valence-electron chi connectivity index (χ4n) is 12.3. The summed E-state index contributed by atoms with van der Waals surface area (Å²) in [6.07, 6.45) is 8.84. The fourth-order valence-corrected chi connectivity index (χ4v) is 12.3. The summed E-state index contributed by atoms with van der Waals surface area (Å²) in [4.78, 5) is 197. The maximum Gasteiger partial charge on any atom is 0.326 e. The Bertz CT molecular complexity index is 3650. The molecule has 0 radical (unpaired) electrons. The van der Waals surface area contributed by atoms with Gasteiger partial charge in [-0.15, -0.1) is 0 Å². The number of nitrogens with one attached hydrogen (secondary N) is 11. The molecule has 5 aromatic rings. The van der Waals surface area contributed by atoms with E-state index < -0.39 is 126 Å². The van der Waals surface area contributed by atoms with E-state index in [0.717, 1.165) is 10.8 Å². The van der Waals surface area contributed by atoms with Crippen molar-refractivity contribution in [1.82, 2.24) is 92.0 Å². The van der Waals surface area contributed by atoms with Crippen LogP contribution in [-0.4, -0.2) is 285 Å². The van der Waals surface area contributed by atoms with Crippen LogP contribution in [0, 0.1) is 11.8 Å². The van der Waals surface area contributed by atoms with E-state index in [9.17, 15) is 87.9 Å². The van der Waals surface area contributed by atoms with Gasteiger partial charge in [0.1, 0.15) is 36.3 Å². The number of unbranched alkanes of at least 4 members (excludes halogenated alkanes) is 1. The number of carbonyl (C=O) groups is 13. The number of aromatic amines is 3. The second-order valence-corrected chi connectivity index (χ2v) is 25.9. The van der Waals surface area contributed by atoms with E-state index in [1.807, 2.05) is 47.4 Å². The second kappa shape index (κ2) is 41.2. The predicted molar refractivity (Wildman–Crippen MR) is 368 cm³/mol. The number of aliphatic carboxylic acids is 6. The van der Waals surface area contributed by atoms with Gasteiger partial charge in [0.25, 0.3) is 0 Å². The van der Waals surface area contributed by atoms with E-state index in [2.05, 4.69) is 72.4 Å². The first-order valence-electron chi connectivity index (χ1n) is 34.3. The smallest absolute Gasteiger partial charge is 0.326 e. The van der Waals surface area contributed by atoms with Crippen LogP contribution in [0.2, 0.25) is 0 Å². The molecule has 1 saturated heterocycles. The third-order valence-corrected chi connectivity index (χ3v) is 18.0. The summed E-state index contributed by atoms with van der Waals surface area (Å²) >= 11 is 0. The maximum atomic E-state index is 15.0. The van der Waals surface area contributed by atoms with Crippen LogP contribution in [0.3, 0.4) is 0 Å². The fraction of sp³-hybridized carbons (Fsp3) is 0.522. The number of rotatable bonds is 39. The number of benzene rings is 2. The molecule has 0 bridgehead atoms. The number of urea groups is 1. The Morgan fingerprint density at radius 3 is 1.31 bits per heavy atom. The summed E-state index contributed by atoms with van der Waals surface area (Å²) in [7, 11) is 0. The lowest BCUT2D eigenvalue weighted by Crippen LogP contribution is -2.60. The summed E-state index contributed by atoms with van der Waals surface area (Å²) in [6, 6.07) is 3.51. The summed E-state index contributed by atoms with van der Waals surface area (Å²) in [5.74, 6) is -11.9. The Kier molecular flexibility index (Phi) is 31.9. The van der Waals surface area contributed by atoms with Crippen molar-refractivity contribution in [2.24, 2.45) is 11.8 Å². The molecule has 37 nitrogen and oxygen atoms in total. The highest BCUT2D eigenvalue weighted by Crippen LogP contribution is 2.29. The summed E-state index contributed by atoms with van der Waals surface area (Å²) in [5, 5.41) is 80.1. The van der Waals surface area contributed by atoms with Gasteiger partial charge in [-0.1, -0.05) is 42.5 Å². The first-order chi connectivity index (χ1) is 49.8. The van der Waals surface area contributed by atoms with Crippen LogP contribution in [0.5, 0.6) is 0 Å². The lowest BCUT2D eigenvalue weighted by atomic mass is 9.81. The van der Waals surface area contributed by atoms with Crippen molar-refractivity contribution in [3.63, 3.8) is 0 Å². The number of carboxylic acids is 6.